The zero-order chi connectivity index (χ0) is 20.9. The van der Waals surface area contributed by atoms with Gasteiger partial charge in [-0.15, -0.1) is 4.83 Å². The van der Waals surface area contributed by atoms with Crippen molar-refractivity contribution in [1.29, 1.82) is 0 Å². The van der Waals surface area contributed by atoms with Crippen molar-refractivity contribution in [2.45, 2.75) is 31.1 Å². The van der Waals surface area contributed by atoms with Crippen LogP contribution in [0.3, 0.4) is 0 Å². The van der Waals surface area contributed by atoms with Gasteiger partial charge in [0.15, 0.2) is 0 Å². The number of hydrogen-bond donors (Lipinski definition) is 2. The fourth-order valence-corrected chi connectivity index (χ4v) is 3.87. The Hall–Kier alpha value is -2.91. The van der Waals surface area contributed by atoms with Crippen LogP contribution in [0.4, 0.5) is 5.69 Å². The molecule has 0 aliphatic carbocycles. The van der Waals surface area contributed by atoms with Crippen LogP contribution in [0, 0.1) is 0 Å². The Kier molecular flexibility index (Phi) is 6.50. The molecule has 154 valence electrons. The summed E-state index contributed by atoms with van der Waals surface area (Å²) < 4.78 is 29.8. The molecule has 0 atom stereocenters. The molecule has 3 rings (SSSR count). The minimum Gasteiger partial charge on any atom is -0.494 e. The second kappa shape index (κ2) is 9.06. The summed E-state index contributed by atoms with van der Waals surface area (Å²) in [5, 5.41) is 0. The molecule has 1 saturated heterocycles. The third-order valence-electron chi connectivity index (χ3n) is 4.46. The fraction of sp³-hybridized carbons (Fsp3) is 0.300. The second-order valence-corrected chi connectivity index (χ2v) is 8.23. The molecule has 29 heavy (non-hydrogen) atoms. The van der Waals surface area contributed by atoms with Gasteiger partial charge in [0.1, 0.15) is 5.75 Å². The molecule has 0 spiro atoms. The Morgan fingerprint density at radius 3 is 2.38 bits per heavy atom. The van der Waals surface area contributed by atoms with E-state index < -0.39 is 15.9 Å². The molecule has 1 aliphatic heterocycles. The molecule has 0 aromatic heterocycles. The topological polar surface area (TPSA) is 105 Å². The average molecular weight is 417 g/mol. The van der Waals surface area contributed by atoms with Crippen LogP contribution in [0.2, 0.25) is 0 Å². The molecule has 0 bridgehead atoms. The van der Waals surface area contributed by atoms with Crippen LogP contribution < -0.4 is 19.9 Å². The fourth-order valence-electron chi connectivity index (χ4n) is 3.01. The Bertz CT molecular complexity index is 972. The number of anilines is 1. The standard InChI is InChI=1S/C20H23N3O5S/c1-2-28-17-9-11-18(12-10-17)29(26,27)22-21-19(24)14-15-5-7-16(8-6-15)23-13-3-4-20(23)25/h5-12,22H,2-4,13-14H2,1H3,(H,21,24). The summed E-state index contributed by atoms with van der Waals surface area (Å²) in [6.45, 7) is 3.02. The monoisotopic (exact) mass is 417 g/mol. The van der Waals surface area contributed by atoms with Crippen molar-refractivity contribution in [2.75, 3.05) is 18.1 Å². The molecular weight excluding hydrogens is 394 g/mol. The van der Waals surface area contributed by atoms with Gasteiger partial charge in [0.25, 0.3) is 10.0 Å². The number of amides is 2. The quantitative estimate of drug-likeness (QED) is 0.637. The lowest BCUT2D eigenvalue weighted by atomic mass is 10.1. The SMILES string of the molecule is CCOc1ccc(S(=O)(=O)NNC(=O)Cc2ccc(N3CCCC3=O)cc2)cc1. The van der Waals surface area contributed by atoms with Crippen LogP contribution >= 0.6 is 0 Å². The lowest BCUT2D eigenvalue weighted by Gasteiger charge is -2.16. The number of rotatable bonds is 8. The van der Waals surface area contributed by atoms with Crippen molar-refractivity contribution in [3.05, 3.63) is 54.1 Å². The van der Waals surface area contributed by atoms with Crippen molar-refractivity contribution in [3.63, 3.8) is 0 Å². The number of carbonyl (C=O) groups is 2. The van der Waals surface area contributed by atoms with Crippen molar-refractivity contribution in [1.82, 2.24) is 10.3 Å². The number of nitrogens with one attached hydrogen (secondary N) is 2. The first kappa shape index (κ1) is 20.8. The van der Waals surface area contributed by atoms with E-state index in [2.05, 4.69) is 10.3 Å². The number of sulfonamides is 1. The predicted octanol–water partition coefficient (Wildman–Crippen LogP) is 1.76. The highest BCUT2D eigenvalue weighted by Crippen LogP contribution is 2.21. The van der Waals surface area contributed by atoms with Crippen LogP contribution in [0.1, 0.15) is 25.3 Å². The van der Waals surface area contributed by atoms with E-state index in [1.807, 2.05) is 6.92 Å². The molecule has 2 aromatic rings. The smallest absolute Gasteiger partial charge is 0.257 e. The van der Waals surface area contributed by atoms with Crippen molar-refractivity contribution < 1.29 is 22.7 Å². The molecule has 2 N–H and O–H groups in total. The molecule has 2 amide bonds. The molecule has 0 saturated carbocycles. The zero-order valence-corrected chi connectivity index (χ0v) is 16.9. The van der Waals surface area contributed by atoms with Gasteiger partial charge in [0, 0.05) is 18.7 Å². The van der Waals surface area contributed by atoms with Crippen molar-refractivity contribution in [2.24, 2.45) is 0 Å². The highest BCUT2D eigenvalue weighted by Gasteiger charge is 2.21. The first-order valence-corrected chi connectivity index (χ1v) is 10.8. The Morgan fingerprint density at radius 2 is 1.79 bits per heavy atom. The first-order valence-electron chi connectivity index (χ1n) is 9.32. The summed E-state index contributed by atoms with van der Waals surface area (Å²) in [6.07, 6.45) is 1.40. The van der Waals surface area contributed by atoms with E-state index in [0.29, 0.717) is 30.9 Å². The van der Waals surface area contributed by atoms with Gasteiger partial charge in [-0.2, -0.15) is 0 Å². The van der Waals surface area contributed by atoms with Gasteiger partial charge in [0.05, 0.1) is 17.9 Å². The Morgan fingerprint density at radius 1 is 1.10 bits per heavy atom. The normalized spacial score (nSPS) is 14.1. The van der Waals surface area contributed by atoms with Gasteiger partial charge in [-0.05, 0) is 55.3 Å². The molecule has 1 heterocycles. The lowest BCUT2D eigenvalue weighted by molar-refractivity contribution is -0.121. The van der Waals surface area contributed by atoms with E-state index in [0.717, 1.165) is 12.1 Å². The van der Waals surface area contributed by atoms with Crippen molar-refractivity contribution in [3.8, 4) is 5.75 Å². The zero-order valence-electron chi connectivity index (χ0n) is 16.1. The van der Waals surface area contributed by atoms with E-state index in [4.69, 9.17) is 4.74 Å². The first-order chi connectivity index (χ1) is 13.9. The number of hydrogen-bond acceptors (Lipinski definition) is 5. The van der Waals surface area contributed by atoms with Crippen LogP contribution in [0.25, 0.3) is 0 Å². The van der Waals surface area contributed by atoms with Gasteiger partial charge < -0.3 is 9.64 Å². The van der Waals surface area contributed by atoms with Gasteiger partial charge in [-0.25, -0.2) is 8.42 Å². The summed E-state index contributed by atoms with van der Waals surface area (Å²) in [5.41, 5.74) is 3.72. The maximum Gasteiger partial charge on any atom is 0.257 e. The van der Waals surface area contributed by atoms with E-state index >= 15 is 0 Å². The average Bonchev–Trinajstić information content (AvgIpc) is 3.14. The van der Waals surface area contributed by atoms with E-state index in [-0.39, 0.29) is 17.2 Å². The molecule has 0 unspecified atom stereocenters. The maximum atomic E-state index is 12.3. The number of benzene rings is 2. The summed E-state index contributed by atoms with van der Waals surface area (Å²) in [5.74, 6) is 0.165. The second-order valence-electron chi connectivity index (χ2n) is 6.55. The van der Waals surface area contributed by atoms with E-state index in [1.54, 1.807) is 41.3 Å². The maximum absolute atomic E-state index is 12.3. The number of hydrazine groups is 1. The van der Waals surface area contributed by atoms with Gasteiger partial charge >= 0.3 is 0 Å². The van der Waals surface area contributed by atoms with Crippen LogP contribution in [-0.2, 0) is 26.0 Å². The number of nitrogens with zero attached hydrogens (tertiary/aromatic N) is 1. The molecule has 2 aromatic carbocycles. The summed E-state index contributed by atoms with van der Waals surface area (Å²) in [6, 6.07) is 13.0. The molecule has 1 aliphatic rings. The minimum absolute atomic E-state index is 0.0000241. The molecule has 0 radical (unpaired) electrons. The van der Waals surface area contributed by atoms with E-state index in [9.17, 15) is 18.0 Å². The molecule has 8 nitrogen and oxygen atoms in total. The van der Waals surface area contributed by atoms with Gasteiger partial charge in [0.2, 0.25) is 11.8 Å². The Balaban J connectivity index is 1.54. The molecule has 9 heteroatoms. The third kappa shape index (κ3) is 5.33. The highest BCUT2D eigenvalue weighted by molar-refractivity contribution is 7.89. The third-order valence-corrected chi connectivity index (χ3v) is 5.72. The minimum atomic E-state index is -3.88. The highest BCUT2D eigenvalue weighted by atomic mass is 32.2. The molecule has 1 fully saturated rings. The van der Waals surface area contributed by atoms with Crippen LogP contribution in [0.15, 0.2) is 53.4 Å². The van der Waals surface area contributed by atoms with Crippen molar-refractivity contribution >= 4 is 27.5 Å². The lowest BCUT2D eigenvalue weighted by Crippen LogP contribution is -2.42. The number of carbonyl (C=O) groups excluding carboxylic acids is 2. The van der Waals surface area contributed by atoms with Crippen LogP contribution in [-0.4, -0.2) is 33.4 Å². The summed E-state index contributed by atoms with van der Waals surface area (Å²) >= 11 is 0. The summed E-state index contributed by atoms with van der Waals surface area (Å²) in [4.78, 5) is 27.7. The molecular formula is C20H23N3O5S. The largest absolute Gasteiger partial charge is 0.494 e. The van der Waals surface area contributed by atoms with Crippen LogP contribution in [0.5, 0.6) is 5.75 Å². The van der Waals surface area contributed by atoms with Gasteiger partial charge in [-0.3, -0.25) is 15.0 Å². The number of ether oxygens (including phenoxy) is 1. The van der Waals surface area contributed by atoms with E-state index in [1.165, 1.54) is 12.1 Å². The Labute approximate surface area is 169 Å². The summed E-state index contributed by atoms with van der Waals surface area (Å²) in [7, 11) is -3.88. The van der Waals surface area contributed by atoms with Gasteiger partial charge in [-0.1, -0.05) is 12.1 Å². The predicted molar refractivity (Wildman–Crippen MR) is 108 cm³/mol.